The number of pyridine rings is 1. The summed E-state index contributed by atoms with van der Waals surface area (Å²) in [5.74, 6) is -0.632. The molecule has 14 nitrogen and oxygen atoms in total. The number of aliphatic hydroxyl groups is 3. The number of ether oxygens (including phenoxy) is 2. The van der Waals surface area contributed by atoms with E-state index >= 15 is 0 Å². The highest BCUT2D eigenvalue weighted by Crippen LogP contribution is 2.34. The molecule has 5 aliphatic heterocycles. The van der Waals surface area contributed by atoms with Crippen molar-refractivity contribution in [2.45, 2.75) is 49.6 Å². The van der Waals surface area contributed by atoms with Gasteiger partial charge in [0.25, 0.3) is 0 Å². The number of piperazine rings is 1. The molecular weight excluding hydrogens is 608 g/mol. The van der Waals surface area contributed by atoms with E-state index < -0.39 is 36.7 Å². The zero-order chi connectivity index (χ0) is 32.7. The van der Waals surface area contributed by atoms with Crippen molar-refractivity contribution in [2.24, 2.45) is 0 Å². The molecule has 0 radical (unpaired) electrons. The molecule has 0 aliphatic carbocycles. The van der Waals surface area contributed by atoms with Crippen molar-refractivity contribution in [3.8, 4) is 5.75 Å². The number of nitrogens with zero attached hydrogens (tertiary/aromatic N) is 5. The molecule has 2 aromatic rings. The molecule has 47 heavy (non-hydrogen) atoms. The maximum Gasteiger partial charge on any atom is 0.335 e. The standard InChI is InChI=1S/C33H40N6O8/c1-45-22-18-20-4-2-9-34-26(20)25(19-22)38-16-14-36(15-17-38)21-6-11-37(12-7-21)23-8-13-39(24-5-3-10-35-27(23)24)47-33-30(42)28(40)29(41)31(46-33)32(43)44/h2-5,8-10,13,18-19,21,28-31,33,35,40-42H,6-7,11-12,14-17H2,1H3,(H,43,44). The first kappa shape index (κ1) is 31.4. The van der Waals surface area contributed by atoms with Gasteiger partial charge in [0.2, 0.25) is 6.29 Å². The van der Waals surface area contributed by atoms with Gasteiger partial charge in [0.15, 0.2) is 6.10 Å². The van der Waals surface area contributed by atoms with Crippen LogP contribution in [0.2, 0.25) is 0 Å². The van der Waals surface area contributed by atoms with E-state index in [0.717, 1.165) is 85.8 Å². The zero-order valence-electron chi connectivity index (χ0n) is 26.1. The number of likely N-dealkylation sites (tertiary alicyclic amines) is 1. The van der Waals surface area contributed by atoms with E-state index in [1.165, 1.54) is 5.06 Å². The van der Waals surface area contributed by atoms with Crippen LogP contribution in [-0.2, 0) is 14.4 Å². The number of carbonyl (C=O) groups is 1. The van der Waals surface area contributed by atoms with Gasteiger partial charge < -0.3 is 45.0 Å². The van der Waals surface area contributed by atoms with E-state index in [4.69, 9.17) is 14.3 Å². The number of aromatic nitrogens is 1. The Hall–Kier alpha value is -4.18. The van der Waals surface area contributed by atoms with Crippen molar-refractivity contribution in [1.29, 1.82) is 0 Å². The van der Waals surface area contributed by atoms with Gasteiger partial charge in [0.1, 0.15) is 24.1 Å². The van der Waals surface area contributed by atoms with Crippen LogP contribution < -0.4 is 15.0 Å². The minimum atomic E-state index is -1.79. The summed E-state index contributed by atoms with van der Waals surface area (Å²) in [7, 11) is 1.70. The van der Waals surface area contributed by atoms with Crippen LogP contribution in [0.5, 0.6) is 5.75 Å². The number of dihydropyridines is 1. The lowest BCUT2D eigenvalue weighted by Gasteiger charge is -2.45. The van der Waals surface area contributed by atoms with E-state index in [1.807, 2.05) is 36.7 Å². The van der Waals surface area contributed by atoms with E-state index in [1.54, 1.807) is 19.4 Å². The number of aliphatic hydroxyl groups excluding tert-OH is 3. The Balaban J connectivity index is 0.977. The summed E-state index contributed by atoms with van der Waals surface area (Å²) < 4.78 is 10.9. The molecule has 0 bridgehead atoms. The van der Waals surface area contributed by atoms with Crippen LogP contribution in [0, 0.1) is 0 Å². The Morgan fingerprint density at radius 3 is 2.55 bits per heavy atom. The Labute approximate surface area is 272 Å². The van der Waals surface area contributed by atoms with E-state index in [0.29, 0.717) is 11.7 Å². The van der Waals surface area contributed by atoms with Gasteiger partial charge in [-0.3, -0.25) is 9.88 Å². The number of hydrogen-bond donors (Lipinski definition) is 5. The summed E-state index contributed by atoms with van der Waals surface area (Å²) in [5, 5.41) is 45.9. The second-order valence-corrected chi connectivity index (χ2v) is 12.3. The highest BCUT2D eigenvalue weighted by Gasteiger charge is 2.48. The molecule has 14 heteroatoms. The topological polar surface area (TPSA) is 164 Å². The third-order valence-corrected chi connectivity index (χ3v) is 9.60. The summed E-state index contributed by atoms with van der Waals surface area (Å²) in [4.78, 5) is 29.4. The van der Waals surface area contributed by atoms with E-state index in [9.17, 15) is 25.2 Å². The molecule has 0 spiro atoms. The molecule has 1 aromatic heterocycles. The summed E-state index contributed by atoms with van der Waals surface area (Å²) in [6, 6.07) is 8.62. The van der Waals surface area contributed by atoms with Gasteiger partial charge in [0, 0.05) is 75.4 Å². The van der Waals surface area contributed by atoms with Gasteiger partial charge in [-0.2, -0.15) is 0 Å². The van der Waals surface area contributed by atoms with Crippen LogP contribution in [0.1, 0.15) is 12.8 Å². The lowest BCUT2D eigenvalue weighted by atomic mass is 9.99. The summed E-state index contributed by atoms with van der Waals surface area (Å²) in [6.45, 7) is 5.51. The maximum atomic E-state index is 11.5. The smallest absolute Gasteiger partial charge is 0.335 e. The maximum absolute atomic E-state index is 11.5. The van der Waals surface area contributed by atoms with Crippen molar-refractivity contribution >= 4 is 22.6 Å². The number of methoxy groups -OCH3 is 1. The van der Waals surface area contributed by atoms with Crippen LogP contribution in [0.25, 0.3) is 10.9 Å². The van der Waals surface area contributed by atoms with Crippen molar-refractivity contribution < 1.29 is 39.5 Å². The van der Waals surface area contributed by atoms with Gasteiger partial charge in [-0.05, 0) is 43.2 Å². The number of piperidine rings is 1. The van der Waals surface area contributed by atoms with Crippen LogP contribution in [0.3, 0.4) is 0 Å². The van der Waals surface area contributed by atoms with Gasteiger partial charge in [-0.1, -0.05) is 6.07 Å². The highest BCUT2D eigenvalue weighted by atomic mass is 16.8. The minimum Gasteiger partial charge on any atom is -0.497 e. The number of aliphatic carboxylic acids is 1. The van der Waals surface area contributed by atoms with Crippen LogP contribution in [0.4, 0.5) is 5.69 Å². The van der Waals surface area contributed by atoms with Gasteiger partial charge in [-0.25, -0.2) is 14.7 Å². The number of hydroxylamine groups is 2. The van der Waals surface area contributed by atoms with Crippen molar-refractivity contribution in [3.63, 3.8) is 0 Å². The molecule has 250 valence electrons. The number of carboxylic acids is 1. The number of anilines is 1. The number of allylic oxidation sites excluding steroid dienone is 3. The van der Waals surface area contributed by atoms with E-state index in [2.05, 4.69) is 37.1 Å². The average Bonchev–Trinajstić information content (AvgIpc) is 3.11. The lowest BCUT2D eigenvalue weighted by Crippen LogP contribution is -2.61. The molecule has 0 amide bonds. The Morgan fingerprint density at radius 2 is 1.81 bits per heavy atom. The summed E-state index contributed by atoms with van der Waals surface area (Å²) >= 11 is 0. The largest absolute Gasteiger partial charge is 0.497 e. The first-order chi connectivity index (χ1) is 22.8. The van der Waals surface area contributed by atoms with E-state index in [-0.39, 0.29) is 0 Å². The van der Waals surface area contributed by atoms with Crippen molar-refractivity contribution in [1.82, 2.24) is 25.2 Å². The number of rotatable bonds is 7. The molecule has 5 N–H and O–H groups in total. The number of carboxylic acid groups (broad SMARTS) is 1. The summed E-state index contributed by atoms with van der Waals surface area (Å²) in [5.41, 5.74) is 4.53. The molecular formula is C33H40N6O8. The fourth-order valence-electron chi connectivity index (χ4n) is 7.03. The number of hydrogen-bond acceptors (Lipinski definition) is 13. The third kappa shape index (κ3) is 6.04. The SMILES string of the molecule is COc1cc(N2CCN(C3CCN(C4=C5NC=CC=C5N(OC5OC(C(=O)O)C(O)C(O)C5O)C=C4)CC3)CC2)c2ncccc2c1. The first-order valence-electron chi connectivity index (χ1n) is 15.9. The normalized spacial score (nSPS) is 28.7. The fourth-order valence-corrected chi connectivity index (χ4v) is 7.03. The zero-order valence-corrected chi connectivity index (χ0v) is 26.1. The molecule has 3 fully saturated rings. The predicted molar refractivity (Wildman–Crippen MR) is 170 cm³/mol. The Morgan fingerprint density at radius 1 is 1.02 bits per heavy atom. The molecule has 5 aliphatic rings. The highest BCUT2D eigenvalue weighted by molar-refractivity contribution is 5.92. The molecule has 1 aromatic carbocycles. The third-order valence-electron chi connectivity index (χ3n) is 9.60. The van der Waals surface area contributed by atoms with Crippen molar-refractivity contribution in [3.05, 3.63) is 78.2 Å². The monoisotopic (exact) mass is 648 g/mol. The average molecular weight is 649 g/mol. The van der Waals surface area contributed by atoms with Crippen LogP contribution in [-0.4, -0.2) is 129 Å². The minimum absolute atomic E-state index is 0.481. The fraction of sp³-hybridized carbons (Fsp3) is 0.455. The van der Waals surface area contributed by atoms with Crippen LogP contribution >= 0.6 is 0 Å². The summed E-state index contributed by atoms with van der Waals surface area (Å²) in [6.07, 6.45) is 4.42. The predicted octanol–water partition coefficient (Wildman–Crippen LogP) is 0.695. The molecule has 0 saturated carbocycles. The lowest BCUT2D eigenvalue weighted by molar-refractivity contribution is -0.338. The molecule has 6 heterocycles. The Bertz CT molecular complexity index is 1610. The van der Waals surface area contributed by atoms with Crippen molar-refractivity contribution in [2.75, 3.05) is 51.3 Å². The number of benzene rings is 1. The molecule has 5 unspecified atom stereocenters. The second kappa shape index (κ2) is 13.1. The first-order valence-corrected chi connectivity index (χ1v) is 15.9. The second-order valence-electron chi connectivity index (χ2n) is 12.3. The van der Waals surface area contributed by atoms with Gasteiger partial charge in [-0.15, -0.1) is 0 Å². The number of nitrogens with one attached hydrogen (secondary N) is 1. The van der Waals surface area contributed by atoms with Crippen LogP contribution in [0.15, 0.2) is 78.2 Å². The molecule has 5 atom stereocenters. The Kier molecular flexibility index (Phi) is 8.79. The molecule has 3 saturated heterocycles. The molecule has 7 rings (SSSR count). The quantitative estimate of drug-likeness (QED) is 0.285. The number of fused-ring (bicyclic) bond motifs is 2. The van der Waals surface area contributed by atoms with Gasteiger partial charge >= 0.3 is 5.97 Å². The van der Waals surface area contributed by atoms with Gasteiger partial charge in [0.05, 0.1) is 35.4 Å².